The van der Waals surface area contributed by atoms with Gasteiger partial charge < -0.3 is 14.6 Å². The standard InChI is InChI=1S/C30H22BNO2/c33-31(34)28-20-24(22-12-6-2-7-13-22)19-27-26-18-23(21-10-4-1-5-11-21)16-17-29(26)32(30(27)28)25-14-8-3-9-15-25/h1-20,33-34H. The van der Waals surface area contributed by atoms with Gasteiger partial charge in [0.1, 0.15) is 0 Å². The lowest BCUT2D eigenvalue weighted by Crippen LogP contribution is -2.31. The molecule has 5 aromatic carbocycles. The topological polar surface area (TPSA) is 45.4 Å². The number of nitrogens with zero attached hydrogens (tertiary/aromatic N) is 1. The molecule has 0 radical (unpaired) electrons. The van der Waals surface area contributed by atoms with Crippen molar-refractivity contribution in [2.24, 2.45) is 0 Å². The Labute approximate surface area is 198 Å². The largest absolute Gasteiger partial charge is 0.490 e. The minimum Gasteiger partial charge on any atom is -0.423 e. The molecule has 0 saturated carbocycles. The summed E-state index contributed by atoms with van der Waals surface area (Å²) in [5, 5.41) is 23.0. The summed E-state index contributed by atoms with van der Waals surface area (Å²) in [4.78, 5) is 0. The van der Waals surface area contributed by atoms with Crippen molar-refractivity contribution >= 4 is 34.4 Å². The molecular weight excluding hydrogens is 417 g/mol. The lowest BCUT2D eigenvalue weighted by Gasteiger charge is -2.13. The Balaban J connectivity index is 1.75. The second-order valence-corrected chi connectivity index (χ2v) is 8.47. The fourth-order valence-electron chi connectivity index (χ4n) is 4.83. The van der Waals surface area contributed by atoms with Crippen LogP contribution < -0.4 is 5.46 Å². The van der Waals surface area contributed by atoms with Crippen LogP contribution in [-0.2, 0) is 0 Å². The van der Waals surface area contributed by atoms with Crippen molar-refractivity contribution < 1.29 is 10.0 Å². The molecule has 0 aliphatic carbocycles. The van der Waals surface area contributed by atoms with Gasteiger partial charge in [-0.25, -0.2) is 0 Å². The molecule has 1 aromatic heterocycles. The predicted octanol–water partition coefficient (Wildman–Crippen LogP) is 5.80. The van der Waals surface area contributed by atoms with E-state index in [0.29, 0.717) is 5.46 Å². The fourth-order valence-corrected chi connectivity index (χ4v) is 4.83. The minimum atomic E-state index is -1.61. The van der Waals surface area contributed by atoms with Crippen LogP contribution in [0.25, 0.3) is 49.7 Å². The van der Waals surface area contributed by atoms with Crippen LogP contribution in [0.3, 0.4) is 0 Å². The molecule has 0 fully saturated rings. The summed E-state index contributed by atoms with van der Waals surface area (Å²) >= 11 is 0. The van der Waals surface area contributed by atoms with E-state index in [2.05, 4.69) is 41.0 Å². The second kappa shape index (κ2) is 8.34. The van der Waals surface area contributed by atoms with E-state index in [4.69, 9.17) is 0 Å². The van der Waals surface area contributed by atoms with Crippen LogP contribution in [0.5, 0.6) is 0 Å². The molecule has 0 saturated heterocycles. The SMILES string of the molecule is OB(O)c1cc(-c2ccccc2)cc2c3cc(-c4ccccc4)ccc3n(-c3ccccc3)c12. The summed E-state index contributed by atoms with van der Waals surface area (Å²) in [7, 11) is -1.61. The van der Waals surface area contributed by atoms with E-state index < -0.39 is 7.12 Å². The average molecular weight is 439 g/mol. The third-order valence-electron chi connectivity index (χ3n) is 6.40. The first kappa shape index (κ1) is 20.5. The van der Waals surface area contributed by atoms with E-state index in [1.54, 1.807) is 0 Å². The summed E-state index contributed by atoms with van der Waals surface area (Å²) in [5.41, 5.74) is 7.54. The van der Waals surface area contributed by atoms with Crippen molar-refractivity contribution in [1.29, 1.82) is 0 Å². The first-order chi connectivity index (χ1) is 16.7. The van der Waals surface area contributed by atoms with Gasteiger partial charge >= 0.3 is 7.12 Å². The molecule has 6 rings (SSSR count). The van der Waals surface area contributed by atoms with Crippen molar-refractivity contribution in [3.63, 3.8) is 0 Å². The summed E-state index contributed by atoms with van der Waals surface area (Å²) < 4.78 is 2.13. The molecule has 0 unspecified atom stereocenters. The van der Waals surface area contributed by atoms with Gasteiger partial charge in [0.2, 0.25) is 0 Å². The van der Waals surface area contributed by atoms with Gasteiger partial charge in [0.15, 0.2) is 0 Å². The maximum absolute atomic E-state index is 10.5. The smallest absolute Gasteiger partial charge is 0.423 e. The Morgan fingerprint density at radius 1 is 0.500 bits per heavy atom. The van der Waals surface area contributed by atoms with Crippen LogP contribution >= 0.6 is 0 Å². The Bertz CT molecular complexity index is 1610. The highest BCUT2D eigenvalue weighted by molar-refractivity contribution is 6.62. The molecule has 162 valence electrons. The number of hydrogen-bond donors (Lipinski definition) is 2. The van der Waals surface area contributed by atoms with Gasteiger partial charge in [-0.2, -0.15) is 0 Å². The zero-order chi connectivity index (χ0) is 23.1. The second-order valence-electron chi connectivity index (χ2n) is 8.47. The van der Waals surface area contributed by atoms with E-state index in [1.807, 2.05) is 84.9 Å². The molecule has 0 bridgehead atoms. The van der Waals surface area contributed by atoms with Crippen LogP contribution in [0.15, 0.2) is 121 Å². The zero-order valence-electron chi connectivity index (χ0n) is 18.5. The van der Waals surface area contributed by atoms with Gasteiger partial charge in [-0.05, 0) is 52.6 Å². The molecule has 1 heterocycles. The number of para-hydroxylation sites is 1. The van der Waals surface area contributed by atoms with Crippen LogP contribution in [0.2, 0.25) is 0 Å². The predicted molar refractivity (Wildman–Crippen MR) is 141 cm³/mol. The number of aromatic nitrogens is 1. The highest BCUT2D eigenvalue weighted by Gasteiger charge is 2.23. The summed E-state index contributed by atoms with van der Waals surface area (Å²) in [6, 6.07) is 41.0. The Hall–Kier alpha value is -4.12. The third-order valence-corrected chi connectivity index (χ3v) is 6.40. The van der Waals surface area contributed by atoms with Crippen molar-refractivity contribution in [2.45, 2.75) is 0 Å². The molecule has 0 amide bonds. The van der Waals surface area contributed by atoms with E-state index in [9.17, 15) is 10.0 Å². The first-order valence-corrected chi connectivity index (χ1v) is 11.4. The quantitative estimate of drug-likeness (QED) is 0.341. The van der Waals surface area contributed by atoms with Crippen LogP contribution in [0.4, 0.5) is 0 Å². The highest BCUT2D eigenvalue weighted by atomic mass is 16.4. The number of fused-ring (bicyclic) bond motifs is 3. The molecule has 0 aliphatic heterocycles. The third kappa shape index (κ3) is 3.41. The number of hydrogen-bond acceptors (Lipinski definition) is 2. The minimum absolute atomic E-state index is 0.484. The number of rotatable bonds is 4. The summed E-state index contributed by atoms with van der Waals surface area (Å²) in [6.07, 6.45) is 0. The lowest BCUT2D eigenvalue weighted by atomic mass is 9.77. The molecule has 2 N–H and O–H groups in total. The molecular formula is C30H22BNO2. The summed E-state index contributed by atoms with van der Waals surface area (Å²) in [6.45, 7) is 0. The maximum Gasteiger partial charge on any atom is 0.490 e. The first-order valence-electron chi connectivity index (χ1n) is 11.4. The van der Waals surface area contributed by atoms with Gasteiger partial charge in [-0.15, -0.1) is 0 Å². The van der Waals surface area contributed by atoms with Gasteiger partial charge in [0.05, 0.1) is 11.0 Å². The lowest BCUT2D eigenvalue weighted by molar-refractivity contribution is 0.426. The monoisotopic (exact) mass is 439 g/mol. The normalized spacial score (nSPS) is 11.2. The zero-order valence-corrected chi connectivity index (χ0v) is 18.5. The average Bonchev–Trinajstić information content (AvgIpc) is 3.23. The van der Waals surface area contributed by atoms with Crippen molar-refractivity contribution in [3.8, 4) is 27.9 Å². The van der Waals surface area contributed by atoms with Crippen LogP contribution in [-0.4, -0.2) is 21.7 Å². The molecule has 6 aromatic rings. The van der Waals surface area contributed by atoms with Crippen molar-refractivity contribution in [1.82, 2.24) is 4.57 Å². The van der Waals surface area contributed by atoms with Gasteiger partial charge in [-0.1, -0.05) is 91.0 Å². The Morgan fingerprint density at radius 2 is 1.06 bits per heavy atom. The van der Waals surface area contributed by atoms with Crippen LogP contribution in [0, 0.1) is 0 Å². The van der Waals surface area contributed by atoms with Crippen molar-refractivity contribution in [2.75, 3.05) is 0 Å². The maximum atomic E-state index is 10.5. The Kier molecular flexibility index (Phi) is 5.03. The van der Waals surface area contributed by atoms with E-state index >= 15 is 0 Å². The molecule has 0 spiro atoms. The van der Waals surface area contributed by atoms with Crippen LogP contribution in [0.1, 0.15) is 0 Å². The van der Waals surface area contributed by atoms with Gasteiger partial charge in [0, 0.05) is 21.9 Å². The van der Waals surface area contributed by atoms with Gasteiger partial charge in [0.25, 0.3) is 0 Å². The van der Waals surface area contributed by atoms with Gasteiger partial charge in [-0.3, -0.25) is 0 Å². The molecule has 4 heteroatoms. The van der Waals surface area contributed by atoms with E-state index in [1.165, 1.54) is 0 Å². The molecule has 0 atom stereocenters. The molecule has 3 nitrogen and oxygen atoms in total. The van der Waals surface area contributed by atoms with E-state index in [0.717, 1.165) is 49.7 Å². The number of benzene rings is 5. The highest BCUT2D eigenvalue weighted by Crippen LogP contribution is 2.36. The van der Waals surface area contributed by atoms with E-state index in [-0.39, 0.29) is 0 Å². The fraction of sp³-hybridized carbons (Fsp3) is 0. The Morgan fingerprint density at radius 3 is 1.68 bits per heavy atom. The molecule has 34 heavy (non-hydrogen) atoms. The molecule has 0 aliphatic rings. The summed E-state index contributed by atoms with van der Waals surface area (Å²) in [5.74, 6) is 0. The van der Waals surface area contributed by atoms with Crippen molar-refractivity contribution in [3.05, 3.63) is 121 Å².